The number of ketones is 1. The highest BCUT2D eigenvalue weighted by molar-refractivity contribution is 6.46. The fraction of sp³-hybridized carbons (Fsp3) is 0.385. The van der Waals surface area contributed by atoms with Crippen molar-refractivity contribution in [2.75, 3.05) is 13.2 Å². The first-order valence-electron chi connectivity index (χ1n) is 10.8. The highest BCUT2D eigenvalue weighted by Gasteiger charge is 2.45. The van der Waals surface area contributed by atoms with Crippen LogP contribution in [-0.4, -0.2) is 34.8 Å². The van der Waals surface area contributed by atoms with Crippen molar-refractivity contribution in [3.05, 3.63) is 70.3 Å². The highest BCUT2D eigenvalue weighted by Crippen LogP contribution is 2.40. The first kappa shape index (κ1) is 22.6. The number of hydrogen-bond acceptors (Lipinski definition) is 4. The molecule has 1 aliphatic rings. The van der Waals surface area contributed by atoms with Gasteiger partial charge in [0.25, 0.3) is 11.7 Å². The lowest BCUT2D eigenvalue weighted by Crippen LogP contribution is -2.30. The van der Waals surface area contributed by atoms with Crippen LogP contribution in [-0.2, 0) is 9.59 Å². The first-order valence-corrected chi connectivity index (χ1v) is 10.8. The Hall–Kier alpha value is -3.08. The Labute approximate surface area is 184 Å². The molecule has 1 unspecified atom stereocenters. The van der Waals surface area contributed by atoms with Crippen LogP contribution >= 0.6 is 0 Å². The minimum Gasteiger partial charge on any atom is -0.507 e. The van der Waals surface area contributed by atoms with Gasteiger partial charge in [-0.3, -0.25) is 9.59 Å². The summed E-state index contributed by atoms with van der Waals surface area (Å²) in [5.74, 6) is -0.188. The van der Waals surface area contributed by atoms with E-state index in [0.717, 1.165) is 22.4 Å². The molecule has 1 atom stereocenters. The number of likely N-dealkylation sites (tertiary alicyclic amines) is 1. The van der Waals surface area contributed by atoms with Crippen LogP contribution < -0.4 is 4.74 Å². The Morgan fingerprint density at radius 1 is 1.10 bits per heavy atom. The molecule has 0 bridgehead atoms. The zero-order chi connectivity index (χ0) is 22.7. The fourth-order valence-corrected chi connectivity index (χ4v) is 3.84. The van der Waals surface area contributed by atoms with Crippen molar-refractivity contribution in [2.24, 2.45) is 5.92 Å². The lowest BCUT2D eigenvalue weighted by atomic mass is 9.93. The van der Waals surface area contributed by atoms with E-state index in [2.05, 4.69) is 13.8 Å². The maximum absolute atomic E-state index is 13.0. The van der Waals surface area contributed by atoms with Crippen LogP contribution in [0.1, 0.15) is 55.5 Å². The number of Topliss-reactive ketones (excluding diaryl/α,β-unsaturated/α-hetero) is 1. The van der Waals surface area contributed by atoms with E-state index in [9.17, 15) is 14.7 Å². The van der Waals surface area contributed by atoms with E-state index in [0.29, 0.717) is 31.1 Å². The van der Waals surface area contributed by atoms with Gasteiger partial charge in [-0.1, -0.05) is 50.6 Å². The quantitative estimate of drug-likeness (QED) is 0.380. The molecule has 0 spiro atoms. The number of aliphatic hydroxyl groups is 1. The van der Waals surface area contributed by atoms with Gasteiger partial charge < -0.3 is 14.7 Å². The summed E-state index contributed by atoms with van der Waals surface area (Å²) in [6.45, 7) is 11.0. The van der Waals surface area contributed by atoms with Gasteiger partial charge in [0, 0.05) is 12.1 Å². The molecule has 1 saturated heterocycles. The molecule has 5 heteroatoms. The van der Waals surface area contributed by atoms with Gasteiger partial charge in [-0.05, 0) is 55.5 Å². The Balaban J connectivity index is 2.09. The standard InChI is InChI=1S/C26H31NO4/c1-6-13-27-23(19-9-11-20(12-10-19)31-15-16(2)3)22(25(29)26(27)30)24(28)21-14-17(4)7-8-18(21)5/h7-12,14,16,23,28H,6,13,15H2,1-5H3/b24-22+. The molecule has 31 heavy (non-hydrogen) atoms. The van der Waals surface area contributed by atoms with Gasteiger partial charge in [0.2, 0.25) is 0 Å². The number of amides is 1. The molecule has 1 N–H and O–H groups in total. The normalized spacial score (nSPS) is 18.1. The maximum Gasteiger partial charge on any atom is 0.295 e. The predicted octanol–water partition coefficient (Wildman–Crippen LogP) is 5.17. The molecule has 0 aromatic heterocycles. The average Bonchev–Trinajstić information content (AvgIpc) is 2.99. The molecule has 0 aliphatic carbocycles. The molecule has 164 valence electrons. The van der Waals surface area contributed by atoms with Crippen molar-refractivity contribution in [1.82, 2.24) is 4.90 Å². The number of hydrogen-bond donors (Lipinski definition) is 1. The number of carbonyl (C=O) groups is 2. The average molecular weight is 422 g/mol. The minimum atomic E-state index is -0.642. The number of carbonyl (C=O) groups excluding carboxylic acids is 2. The second-order valence-corrected chi connectivity index (χ2v) is 8.58. The Morgan fingerprint density at radius 2 is 1.77 bits per heavy atom. The third kappa shape index (κ3) is 4.66. The number of nitrogens with zero attached hydrogens (tertiary/aromatic N) is 1. The smallest absolute Gasteiger partial charge is 0.295 e. The largest absolute Gasteiger partial charge is 0.507 e. The topological polar surface area (TPSA) is 66.8 Å². The van der Waals surface area contributed by atoms with Gasteiger partial charge in [0.1, 0.15) is 11.5 Å². The number of aryl methyl sites for hydroxylation is 2. The summed E-state index contributed by atoms with van der Waals surface area (Å²) in [6.07, 6.45) is 0.711. The first-order chi connectivity index (χ1) is 14.7. The molecule has 5 nitrogen and oxygen atoms in total. The third-order valence-electron chi connectivity index (χ3n) is 5.43. The Morgan fingerprint density at radius 3 is 2.39 bits per heavy atom. The third-order valence-corrected chi connectivity index (χ3v) is 5.43. The zero-order valence-corrected chi connectivity index (χ0v) is 18.9. The van der Waals surface area contributed by atoms with E-state index in [1.165, 1.54) is 0 Å². The molecular weight excluding hydrogens is 390 g/mol. The molecule has 0 saturated carbocycles. The summed E-state index contributed by atoms with van der Waals surface area (Å²) in [7, 11) is 0. The minimum absolute atomic E-state index is 0.122. The van der Waals surface area contributed by atoms with E-state index in [-0.39, 0.29) is 11.3 Å². The van der Waals surface area contributed by atoms with Crippen molar-refractivity contribution < 1.29 is 19.4 Å². The van der Waals surface area contributed by atoms with Crippen LogP contribution in [0, 0.1) is 19.8 Å². The molecule has 1 heterocycles. The van der Waals surface area contributed by atoms with Crippen LogP contribution in [0.3, 0.4) is 0 Å². The van der Waals surface area contributed by atoms with Crippen LogP contribution in [0.5, 0.6) is 5.75 Å². The van der Waals surface area contributed by atoms with Crippen molar-refractivity contribution in [3.8, 4) is 5.75 Å². The van der Waals surface area contributed by atoms with Gasteiger partial charge in [-0.25, -0.2) is 0 Å². The highest BCUT2D eigenvalue weighted by atomic mass is 16.5. The Kier molecular flexibility index (Phi) is 6.84. The predicted molar refractivity (Wildman–Crippen MR) is 122 cm³/mol. The summed E-state index contributed by atoms with van der Waals surface area (Å²) < 4.78 is 5.77. The van der Waals surface area contributed by atoms with Crippen molar-refractivity contribution >= 4 is 17.4 Å². The van der Waals surface area contributed by atoms with E-state index in [4.69, 9.17) is 4.74 Å². The van der Waals surface area contributed by atoms with Gasteiger partial charge in [-0.15, -0.1) is 0 Å². The van der Waals surface area contributed by atoms with Gasteiger partial charge >= 0.3 is 0 Å². The van der Waals surface area contributed by atoms with Crippen LogP contribution in [0.2, 0.25) is 0 Å². The number of aliphatic hydroxyl groups excluding tert-OH is 1. The van der Waals surface area contributed by atoms with E-state index >= 15 is 0 Å². The second-order valence-electron chi connectivity index (χ2n) is 8.58. The lowest BCUT2D eigenvalue weighted by molar-refractivity contribution is -0.139. The molecule has 3 rings (SSSR count). The van der Waals surface area contributed by atoms with Crippen LogP contribution in [0.25, 0.3) is 5.76 Å². The summed E-state index contributed by atoms with van der Waals surface area (Å²) >= 11 is 0. The van der Waals surface area contributed by atoms with E-state index in [1.54, 1.807) is 4.90 Å². The van der Waals surface area contributed by atoms with Gasteiger partial charge in [0.15, 0.2) is 0 Å². The number of ether oxygens (including phenoxy) is 1. The van der Waals surface area contributed by atoms with Gasteiger partial charge in [-0.2, -0.15) is 0 Å². The maximum atomic E-state index is 13.0. The van der Waals surface area contributed by atoms with Crippen molar-refractivity contribution in [1.29, 1.82) is 0 Å². The van der Waals surface area contributed by atoms with Crippen molar-refractivity contribution in [2.45, 2.75) is 47.1 Å². The van der Waals surface area contributed by atoms with E-state index < -0.39 is 17.7 Å². The summed E-state index contributed by atoms with van der Waals surface area (Å²) in [6, 6.07) is 12.5. The molecule has 1 aliphatic heterocycles. The van der Waals surface area contributed by atoms with Crippen LogP contribution in [0.4, 0.5) is 0 Å². The van der Waals surface area contributed by atoms with Crippen molar-refractivity contribution in [3.63, 3.8) is 0 Å². The summed E-state index contributed by atoms with van der Waals surface area (Å²) in [4.78, 5) is 27.4. The summed E-state index contributed by atoms with van der Waals surface area (Å²) in [5.41, 5.74) is 3.31. The molecule has 2 aromatic carbocycles. The molecule has 1 fully saturated rings. The monoisotopic (exact) mass is 421 g/mol. The fourth-order valence-electron chi connectivity index (χ4n) is 3.84. The van der Waals surface area contributed by atoms with Crippen LogP contribution in [0.15, 0.2) is 48.0 Å². The Bertz CT molecular complexity index is 1000. The molecule has 1 amide bonds. The van der Waals surface area contributed by atoms with E-state index in [1.807, 2.05) is 63.2 Å². The molecule has 0 radical (unpaired) electrons. The second kappa shape index (κ2) is 9.38. The molecule has 2 aromatic rings. The zero-order valence-electron chi connectivity index (χ0n) is 18.9. The summed E-state index contributed by atoms with van der Waals surface area (Å²) in [5, 5.41) is 11.2. The lowest BCUT2D eigenvalue weighted by Gasteiger charge is -2.25. The molecular formula is C26H31NO4. The van der Waals surface area contributed by atoms with Gasteiger partial charge in [0.05, 0.1) is 18.2 Å². The number of rotatable bonds is 7. The number of benzene rings is 2. The SMILES string of the molecule is CCCN1C(=O)C(=O)/C(=C(/O)c2cc(C)ccc2C)C1c1ccc(OCC(C)C)cc1.